The van der Waals surface area contributed by atoms with E-state index >= 15 is 0 Å². The largest absolute Gasteiger partial charge is 0.347 e. The lowest BCUT2D eigenvalue weighted by Gasteiger charge is -2.12. The molecule has 0 saturated carbocycles. The molecule has 6 rings (SSSR count). The van der Waals surface area contributed by atoms with Gasteiger partial charge in [0.1, 0.15) is 0 Å². The number of aromatic nitrogens is 2. The molecule has 2 heterocycles. The zero-order valence-electron chi connectivity index (χ0n) is 28.0. The van der Waals surface area contributed by atoms with Crippen LogP contribution < -0.4 is 0 Å². The molecule has 0 aliphatic carbocycles. The Labute approximate surface area is 265 Å². The summed E-state index contributed by atoms with van der Waals surface area (Å²) >= 11 is 0. The van der Waals surface area contributed by atoms with Crippen LogP contribution in [0.5, 0.6) is 0 Å². The summed E-state index contributed by atoms with van der Waals surface area (Å²) in [7, 11) is 4.55. The van der Waals surface area contributed by atoms with Gasteiger partial charge in [0.2, 0.25) is 0 Å². The molecule has 0 aliphatic rings. The quantitative estimate of drug-likeness (QED) is 0.0788. The molecule has 6 aromatic rings. The first kappa shape index (κ1) is 30.8. The van der Waals surface area contributed by atoms with Crippen LogP contribution in [0.1, 0.15) is 115 Å². The predicted molar refractivity (Wildman–Crippen MR) is 195 cm³/mol. The minimum Gasteiger partial charge on any atom is -0.347 e. The van der Waals surface area contributed by atoms with Gasteiger partial charge in [-0.3, -0.25) is 0 Å². The van der Waals surface area contributed by atoms with Crippen molar-refractivity contribution in [3.8, 4) is 0 Å². The second-order valence-corrected chi connectivity index (χ2v) is 13.6. The van der Waals surface area contributed by atoms with Crippen molar-refractivity contribution >= 4 is 54.1 Å². The highest BCUT2D eigenvalue weighted by atomic mass is 14.9. The molecule has 0 amide bonds. The van der Waals surface area contributed by atoms with Crippen LogP contribution in [0.25, 0.3) is 54.1 Å². The SMILES string of the molecule is CCCCCCCCCc1cc2ccc3c4ccc5c(ccc6cc(CCCCCCCCC)n(C)c65)c4ccc3c2n1C. The molecule has 2 aromatic heterocycles. The average Bonchev–Trinajstić information content (AvgIpc) is 3.55. The maximum absolute atomic E-state index is 2.47. The van der Waals surface area contributed by atoms with Crippen molar-refractivity contribution in [2.45, 2.75) is 117 Å². The highest BCUT2D eigenvalue weighted by Crippen LogP contribution is 2.38. The van der Waals surface area contributed by atoms with Crippen molar-refractivity contribution in [3.63, 3.8) is 0 Å². The molecule has 44 heavy (non-hydrogen) atoms. The summed E-state index contributed by atoms with van der Waals surface area (Å²) < 4.78 is 4.95. The van der Waals surface area contributed by atoms with Crippen LogP contribution in [-0.2, 0) is 26.9 Å². The van der Waals surface area contributed by atoms with Crippen molar-refractivity contribution in [1.82, 2.24) is 9.13 Å². The minimum atomic E-state index is 1.17. The summed E-state index contributed by atoms with van der Waals surface area (Å²) in [4.78, 5) is 0. The number of hydrogen-bond acceptors (Lipinski definition) is 0. The zero-order valence-corrected chi connectivity index (χ0v) is 28.0. The van der Waals surface area contributed by atoms with E-state index in [9.17, 15) is 0 Å². The zero-order chi connectivity index (χ0) is 30.5. The molecule has 0 aliphatic heterocycles. The summed E-state index contributed by atoms with van der Waals surface area (Å²) in [6, 6.07) is 23.9. The van der Waals surface area contributed by atoms with Gasteiger partial charge < -0.3 is 9.13 Å². The number of hydrogen-bond donors (Lipinski definition) is 0. The lowest BCUT2D eigenvalue weighted by Crippen LogP contribution is -1.97. The molecule has 0 saturated heterocycles. The van der Waals surface area contributed by atoms with Crippen LogP contribution in [0.4, 0.5) is 0 Å². The fourth-order valence-corrected chi connectivity index (χ4v) is 7.87. The van der Waals surface area contributed by atoms with Gasteiger partial charge in [-0.1, -0.05) is 139 Å². The van der Waals surface area contributed by atoms with E-state index in [2.05, 4.69) is 97.7 Å². The van der Waals surface area contributed by atoms with E-state index in [4.69, 9.17) is 0 Å². The Morgan fingerprint density at radius 3 is 1.11 bits per heavy atom. The van der Waals surface area contributed by atoms with Gasteiger partial charge >= 0.3 is 0 Å². The Bertz CT molecular complexity index is 1730. The maximum Gasteiger partial charge on any atom is 0.0559 e. The van der Waals surface area contributed by atoms with E-state index in [1.54, 1.807) is 0 Å². The molecular formula is C42H54N2. The summed E-state index contributed by atoms with van der Waals surface area (Å²) in [6.07, 6.45) is 21.4. The van der Waals surface area contributed by atoms with Gasteiger partial charge in [-0.25, -0.2) is 0 Å². The third-order valence-corrected chi connectivity index (χ3v) is 10.5. The lowest BCUT2D eigenvalue weighted by atomic mass is 9.95. The fourth-order valence-electron chi connectivity index (χ4n) is 7.87. The van der Waals surface area contributed by atoms with Gasteiger partial charge in [-0.2, -0.15) is 0 Å². The molecule has 0 atom stereocenters. The van der Waals surface area contributed by atoms with Crippen LogP contribution in [0.15, 0.2) is 60.7 Å². The van der Waals surface area contributed by atoms with E-state index < -0.39 is 0 Å². The lowest BCUT2D eigenvalue weighted by molar-refractivity contribution is 0.584. The minimum absolute atomic E-state index is 1.17. The van der Waals surface area contributed by atoms with Crippen LogP contribution in [-0.4, -0.2) is 9.13 Å². The molecule has 0 fully saturated rings. The average molecular weight is 587 g/mol. The van der Waals surface area contributed by atoms with E-state index in [0.717, 1.165) is 0 Å². The number of unbranched alkanes of at least 4 members (excludes halogenated alkanes) is 12. The monoisotopic (exact) mass is 586 g/mol. The first-order valence-electron chi connectivity index (χ1n) is 18.0. The second-order valence-electron chi connectivity index (χ2n) is 13.6. The van der Waals surface area contributed by atoms with E-state index in [1.165, 1.54) is 168 Å². The van der Waals surface area contributed by atoms with E-state index in [1.807, 2.05) is 0 Å². The first-order valence-corrected chi connectivity index (χ1v) is 18.0. The number of aryl methyl sites for hydroxylation is 4. The number of rotatable bonds is 16. The predicted octanol–water partition coefficient (Wildman–Crippen LogP) is 12.7. The molecule has 0 spiro atoms. The van der Waals surface area contributed by atoms with Gasteiger partial charge in [0.15, 0.2) is 0 Å². The van der Waals surface area contributed by atoms with Crippen molar-refractivity contribution in [2.75, 3.05) is 0 Å². The van der Waals surface area contributed by atoms with Crippen molar-refractivity contribution in [2.24, 2.45) is 14.1 Å². The first-order chi connectivity index (χ1) is 21.6. The van der Waals surface area contributed by atoms with Crippen LogP contribution in [0.3, 0.4) is 0 Å². The Morgan fingerprint density at radius 2 is 0.705 bits per heavy atom. The summed E-state index contributed by atoms with van der Waals surface area (Å²) in [5, 5.41) is 11.0. The molecule has 2 nitrogen and oxygen atoms in total. The van der Waals surface area contributed by atoms with E-state index in [0.29, 0.717) is 0 Å². The Morgan fingerprint density at radius 1 is 0.386 bits per heavy atom. The number of benzene rings is 4. The molecule has 232 valence electrons. The van der Waals surface area contributed by atoms with Crippen molar-refractivity contribution in [1.29, 1.82) is 0 Å². The van der Waals surface area contributed by atoms with Gasteiger partial charge in [-0.05, 0) is 59.4 Å². The summed E-state index contributed by atoms with van der Waals surface area (Å²) in [5.41, 5.74) is 5.71. The van der Waals surface area contributed by atoms with Crippen LogP contribution >= 0.6 is 0 Å². The molecule has 0 unspecified atom stereocenters. The molecule has 0 N–H and O–H groups in total. The Kier molecular flexibility index (Phi) is 9.95. The molecular weight excluding hydrogens is 532 g/mol. The smallest absolute Gasteiger partial charge is 0.0559 e. The summed E-state index contributed by atoms with van der Waals surface area (Å²) in [5.74, 6) is 0. The topological polar surface area (TPSA) is 9.86 Å². The van der Waals surface area contributed by atoms with Crippen molar-refractivity contribution in [3.05, 3.63) is 72.1 Å². The second kappa shape index (κ2) is 14.2. The molecule has 4 aromatic carbocycles. The number of fused-ring (bicyclic) bond motifs is 9. The standard InChI is InChI=1S/C42H54N2/c1-5-7-9-11-13-15-17-19-33-29-31-21-23-37-35-26-28-40-38(36(35)25-27-39(37)41(31)43(33)3)24-22-32-30-34(44(4)42(32)40)20-18-16-14-12-10-8-6-2/h21-30H,5-20H2,1-4H3. The highest BCUT2D eigenvalue weighted by Gasteiger charge is 2.15. The van der Waals surface area contributed by atoms with Gasteiger partial charge in [-0.15, -0.1) is 0 Å². The summed E-state index contributed by atoms with van der Waals surface area (Å²) in [6.45, 7) is 4.59. The third-order valence-electron chi connectivity index (χ3n) is 10.5. The normalized spacial score (nSPS) is 12.2. The fraction of sp³-hybridized carbons (Fsp3) is 0.476. The van der Waals surface area contributed by atoms with Crippen LogP contribution in [0, 0.1) is 0 Å². The van der Waals surface area contributed by atoms with Gasteiger partial charge in [0, 0.05) is 47.0 Å². The Balaban J connectivity index is 1.26. The number of nitrogens with zero attached hydrogens (tertiary/aromatic N) is 2. The van der Waals surface area contributed by atoms with E-state index in [-0.39, 0.29) is 0 Å². The van der Waals surface area contributed by atoms with Gasteiger partial charge in [0.25, 0.3) is 0 Å². The third kappa shape index (κ3) is 6.15. The van der Waals surface area contributed by atoms with Crippen molar-refractivity contribution < 1.29 is 0 Å². The highest BCUT2D eigenvalue weighted by molar-refractivity contribution is 6.24. The Hall–Kier alpha value is -3.26. The van der Waals surface area contributed by atoms with Gasteiger partial charge in [0.05, 0.1) is 11.0 Å². The van der Waals surface area contributed by atoms with Crippen LogP contribution in [0.2, 0.25) is 0 Å². The maximum atomic E-state index is 2.47. The molecule has 0 bridgehead atoms. The molecule has 0 radical (unpaired) electrons. The molecule has 2 heteroatoms.